The van der Waals surface area contributed by atoms with Crippen molar-refractivity contribution in [3.8, 4) is 5.75 Å². The molecule has 5 heterocycles. The van der Waals surface area contributed by atoms with Gasteiger partial charge in [-0.3, -0.25) is 9.58 Å². The Hall–Kier alpha value is -3.01. The molecule has 206 valence electrons. The fraction of sp³-hybridized carbons (Fsp3) is 0.500. The predicted molar refractivity (Wildman–Crippen MR) is 155 cm³/mol. The van der Waals surface area contributed by atoms with Gasteiger partial charge in [0.1, 0.15) is 22.7 Å². The number of benzene rings is 1. The Morgan fingerprint density at radius 1 is 1.21 bits per heavy atom. The topological polar surface area (TPSA) is 77.3 Å². The third kappa shape index (κ3) is 6.26. The average molecular weight is 547 g/mol. The average Bonchev–Trinajstić information content (AvgIpc) is 3.50. The number of aryl methyl sites for hydroxylation is 2. The first-order valence-electron chi connectivity index (χ1n) is 14.0. The lowest BCUT2D eigenvalue weighted by Gasteiger charge is -2.33. The highest BCUT2D eigenvalue weighted by Gasteiger charge is 2.31. The van der Waals surface area contributed by atoms with Crippen molar-refractivity contribution in [1.82, 2.24) is 24.6 Å². The van der Waals surface area contributed by atoms with E-state index in [1.807, 2.05) is 10.9 Å². The van der Waals surface area contributed by atoms with E-state index in [9.17, 15) is 0 Å². The Morgan fingerprint density at radius 3 is 2.90 bits per heavy atom. The number of fused-ring (bicyclic) bond motifs is 3. The van der Waals surface area contributed by atoms with E-state index in [1.54, 1.807) is 17.7 Å². The van der Waals surface area contributed by atoms with Crippen molar-refractivity contribution in [1.29, 1.82) is 0 Å². The first kappa shape index (κ1) is 26.2. The van der Waals surface area contributed by atoms with Gasteiger partial charge in [-0.15, -0.1) is 11.3 Å². The molecule has 3 aromatic heterocycles. The fourth-order valence-electron chi connectivity index (χ4n) is 5.61. The van der Waals surface area contributed by atoms with Gasteiger partial charge >= 0.3 is 0 Å². The van der Waals surface area contributed by atoms with Gasteiger partial charge in [-0.2, -0.15) is 5.10 Å². The van der Waals surface area contributed by atoms with Gasteiger partial charge in [-0.05, 0) is 62.4 Å². The van der Waals surface area contributed by atoms with Crippen molar-refractivity contribution >= 4 is 27.4 Å². The molecule has 1 N–H and O–H groups in total. The van der Waals surface area contributed by atoms with Crippen LogP contribution in [-0.2, 0) is 30.9 Å². The number of nitrogens with one attached hydrogen (secondary N) is 1. The van der Waals surface area contributed by atoms with Crippen LogP contribution in [0.25, 0.3) is 10.2 Å². The third-order valence-corrected chi connectivity index (χ3v) is 8.78. The molecule has 2 aliphatic rings. The molecule has 0 amide bonds. The van der Waals surface area contributed by atoms with Gasteiger partial charge < -0.3 is 14.8 Å². The van der Waals surface area contributed by atoms with E-state index in [-0.39, 0.29) is 5.60 Å². The molecule has 0 spiro atoms. The summed E-state index contributed by atoms with van der Waals surface area (Å²) in [4.78, 5) is 14.2. The summed E-state index contributed by atoms with van der Waals surface area (Å²) in [5.41, 5.74) is 3.70. The zero-order valence-corrected chi connectivity index (χ0v) is 24.0. The lowest BCUT2D eigenvalue weighted by atomic mass is 9.94. The summed E-state index contributed by atoms with van der Waals surface area (Å²) < 4.78 is 14.1. The Labute approximate surface area is 234 Å². The largest absolute Gasteiger partial charge is 0.494 e. The lowest BCUT2D eigenvalue weighted by molar-refractivity contribution is -0.0379. The monoisotopic (exact) mass is 546 g/mol. The van der Waals surface area contributed by atoms with E-state index in [1.165, 1.54) is 27.0 Å². The molecule has 1 saturated heterocycles. The molecule has 1 aromatic carbocycles. The van der Waals surface area contributed by atoms with Gasteiger partial charge in [0.2, 0.25) is 0 Å². The third-order valence-electron chi connectivity index (χ3n) is 7.66. The van der Waals surface area contributed by atoms with Crippen LogP contribution in [0.5, 0.6) is 5.75 Å². The molecule has 0 unspecified atom stereocenters. The van der Waals surface area contributed by atoms with Crippen LogP contribution in [0, 0.1) is 6.92 Å². The van der Waals surface area contributed by atoms with Crippen LogP contribution in [0.15, 0.2) is 43.0 Å². The van der Waals surface area contributed by atoms with E-state index in [2.05, 4.69) is 76.5 Å². The molecular weight excluding hydrogens is 508 g/mol. The highest BCUT2D eigenvalue weighted by molar-refractivity contribution is 7.18. The van der Waals surface area contributed by atoms with Gasteiger partial charge in [0.05, 0.1) is 30.4 Å². The molecular formula is C30H38N6O2S. The van der Waals surface area contributed by atoms with Gasteiger partial charge in [-0.1, -0.05) is 12.1 Å². The second kappa shape index (κ2) is 11.2. The molecule has 1 fully saturated rings. The van der Waals surface area contributed by atoms with Crippen LogP contribution in [0.4, 0.5) is 5.82 Å². The quantitative estimate of drug-likeness (QED) is 0.274. The summed E-state index contributed by atoms with van der Waals surface area (Å²) in [5.74, 6) is 1.93. The Kier molecular flexibility index (Phi) is 7.55. The Balaban J connectivity index is 1.01. The molecule has 0 bridgehead atoms. The van der Waals surface area contributed by atoms with E-state index >= 15 is 0 Å². The van der Waals surface area contributed by atoms with Crippen LogP contribution in [0.3, 0.4) is 0 Å². The zero-order valence-electron chi connectivity index (χ0n) is 23.2. The van der Waals surface area contributed by atoms with Gasteiger partial charge in [-0.25, -0.2) is 9.97 Å². The van der Waals surface area contributed by atoms with Crippen LogP contribution in [-0.4, -0.2) is 56.0 Å². The summed E-state index contributed by atoms with van der Waals surface area (Å²) in [5, 5.41) is 9.33. The minimum absolute atomic E-state index is 0.152. The van der Waals surface area contributed by atoms with Crippen LogP contribution in [0.2, 0.25) is 0 Å². The fourth-order valence-corrected chi connectivity index (χ4v) is 6.68. The highest BCUT2D eigenvalue weighted by atomic mass is 32.1. The predicted octanol–water partition coefficient (Wildman–Crippen LogP) is 5.59. The smallest absolute Gasteiger partial charge is 0.138 e. The van der Waals surface area contributed by atoms with E-state index in [4.69, 9.17) is 9.47 Å². The molecule has 0 radical (unpaired) electrons. The van der Waals surface area contributed by atoms with E-state index in [0.717, 1.165) is 68.3 Å². The molecule has 9 heteroatoms. The van der Waals surface area contributed by atoms with Gasteiger partial charge in [0.15, 0.2) is 0 Å². The van der Waals surface area contributed by atoms with Crippen molar-refractivity contribution in [3.63, 3.8) is 0 Å². The highest BCUT2D eigenvalue weighted by Crippen LogP contribution is 2.40. The zero-order chi connectivity index (χ0) is 26.8. The second-order valence-electron chi connectivity index (χ2n) is 11.5. The molecule has 6 rings (SSSR count). The maximum Gasteiger partial charge on any atom is 0.138 e. The number of hydrogen-bond acceptors (Lipinski definition) is 8. The van der Waals surface area contributed by atoms with Crippen molar-refractivity contribution in [2.75, 3.05) is 25.0 Å². The summed E-state index contributed by atoms with van der Waals surface area (Å²) in [6.45, 7) is 11.7. The number of likely N-dealkylation sites (tertiary alicyclic amines) is 1. The maximum atomic E-state index is 6.05. The number of rotatable bonds is 9. The van der Waals surface area contributed by atoms with Gasteiger partial charge in [0.25, 0.3) is 0 Å². The maximum absolute atomic E-state index is 6.05. The minimum atomic E-state index is -0.152. The summed E-state index contributed by atoms with van der Waals surface area (Å²) in [6.07, 6.45) is 9.68. The number of aromatic nitrogens is 4. The first-order valence-corrected chi connectivity index (χ1v) is 14.8. The number of ether oxygens (including phenoxy) is 2. The number of piperidine rings is 1. The van der Waals surface area contributed by atoms with Crippen molar-refractivity contribution in [2.24, 2.45) is 0 Å². The minimum Gasteiger partial charge on any atom is -0.494 e. The second-order valence-corrected chi connectivity index (χ2v) is 12.5. The number of nitrogens with zero attached hydrogens (tertiary/aromatic N) is 5. The SMILES string of the molecule is Cc1cnn(CCCOc2cccc(CN3CCC(Nc4ncnc5sc6c(c45)CC(C)(C)OC6)CC3)c2)c1. The Bertz CT molecular complexity index is 1420. The standard InChI is InChI=1S/C30H38N6O2S/c1-21-16-33-36(17-21)10-5-13-37-24-7-4-6-22(14-24)18-35-11-8-23(9-12-35)34-28-27-25-15-30(2,3)38-19-26(25)39-29(27)32-20-31-28/h4,6-7,14,16-17,20,23H,5,8-13,15,18-19H2,1-3H3,(H,31,32,34). The lowest BCUT2D eigenvalue weighted by Crippen LogP contribution is -2.38. The number of hydrogen-bond donors (Lipinski definition) is 1. The summed E-state index contributed by atoms with van der Waals surface area (Å²) in [7, 11) is 0. The van der Waals surface area contributed by atoms with Crippen molar-refractivity contribution < 1.29 is 9.47 Å². The summed E-state index contributed by atoms with van der Waals surface area (Å²) >= 11 is 1.75. The molecule has 0 aliphatic carbocycles. The van der Waals surface area contributed by atoms with Crippen LogP contribution in [0.1, 0.15) is 54.7 Å². The first-order chi connectivity index (χ1) is 18.9. The molecule has 39 heavy (non-hydrogen) atoms. The molecule has 0 atom stereocenters. The van der Waals surface area contributed by atoms with Crippen LogP contribution < -0.4 is 10.1 Å². The number of thiophene rings is 1. The Morgan fingerprint density at radius 2 is 2.08 bits per heavy atom. The van der Waals surface area contributed by atoms with Crippen molar-refractivity contribution in [2.45, 2.75) is 77.8 Å². The molecule has 0 saturated carbocycles. The van der Waals surface area contributed by atoms with Crippen LogP contribution >= 0.6 is 11.3 Å². The molecule has 8 nitrogen and oxygen atoms in total. The van der Waals surface area contributed by atoms with Crippen molar-refractivity contribution in [3.05, 3.63) is 64.6 Å². The molecule has 2 aliphatic heterocycles. The van der Waals surface area contributed by atoms with E-state index < -0.39 is 0 Å². The number of anilines is 1. The normalized spacial score (nSPS) is 17.8. The molecule has 4 aromatic rings. The summed E-state index contributed by atoms with van der Waals surface area (Å²) in [6, 6.07) is 8.95. The van der Waals surface area contributed by atoms with E-state index in [0.29, 0.717) is 19.3 Å². The van der Waals surface area contributed by atoms with Gasteiger partial charge in [0, 0.05) is 56.1 Å².